The summed E-state index contributed by atoms with van der Waals surface area (Å²) < 4.78 is 0. The number of hydrogen-bond acceptors (Lipinski definition) is 1. The van der Waals surface area contributed by atoms with E-state index in [-0.39, 0.29) is 5.91 Å². The molecule has 1 amide bonds. The highest BCUT2D eigenvalue weighted by atomic mass is 35.5. The van der Waals surface area contributed by atoms with Crippen LogP contribution < -0.4 is 5.32 Å². The molecular formula is C11H13Cl2NO. The van der Waals surface area contributed by atoms with Gasteiger partial charge in [-0.1, -0.05) is 29.3 Å². The monoisotopic (exact) mass is 245 g/mol. The Morgan fingerprint density at radius 1 is 1.33 bits per heavy atom. The predicted molar refractivity (Wildman–Crippen MR) is 63.5 cm³/mol. The molecule has 1 aromatic rings. The zero-order chi connectivity index (χ0) is 11.3. The fraction of sp³-hybridized carbons (Fsp3) is 0.364. The van der Waals surface area contributed by atoms with Gasteiger partial charge in [0.05, 0.1) is 10.0 Å². The Hall–Kier alpha value is -0.730. The van der Waals surface area contributed by atoms with Gasteiger partial charge in [-0.15, -0.1) is 0 Å². The summed E-state index contributed by atoms with van der Waals surface area (Å²) in [7, 11) is 0. The molecule has 0 aliphatic rings. The average molecular weight is 246 g/mol. The summed E-state index contributed by atoms with van der Waals surface area (Å²) >= 11 is 11.6. The molecule has 1 rings (SSSR count). The lowest BCUT2D eigenvalue weighted by molar-refractivity contribution is -0.120. The molecule has 0 radical (unpaired) electrons. The maximum absolute atomic E-state index is 11.2. The second kappa shape index (κ2) is 5.99. The number of carbonyl (C=O) groups is 1. The van der Waals surface area contributed by atoms with Crippen LogP contribution in [0.15, 0.2) is 18.2 Å². The number of aryl methyl sites for hydroxylation is 1. The minimum Gasteiger partial charge on any atom is -0.356 e. The van der Waals surface area contributed by atoms with Gasteiger partial charge in [0.1, 0.15) is 0 Å². The zero-order valence-corrected chi connectivity index (χ0v) is 10.0. The van der Waals surface area contributed by atoms with Gasteiger partial charge in [0.2, 0.25) is 5.91 Å². The Morgan fingerprint density at radius 3 is 2.67 bits per heavy atom. The molecule has 2 nitrogen and oxygen atoms in total. The molecule has 1 N–H and O–H groups in total. The molecule has 4 heteroatoms. The van der Waals surface area contributed by atoms with Gasteiger partial charge in [0, 0.05) is 13.0 Å². The molecule has 0 bridgehead atoms. The summed E-state index contributed by atoms with van der Waals surface area (Å²) in [6.07, 6.45) is 1.16. The molecule has 0 saturated heterocycles. The largest absolute Gasteiger partial charge is 0.356 e. The van der Waals surface area contributed by atoms with Crippen LogP contribution in [0.5, 0.6) is 0 Å². The van der Waals surface area contributed by atoms with Gasteiger partial charge in [0.25, 0.3) is 0 Å². The van der Waals surface area contributed by atoms with Gasteiger partial charge in [0.15, 0.2) is 0 Å². The summed E-state index contributed by atoms with van der Waals surface area (Å²) in [5.74, 6) is 0.0589. The van der Waals surface area contributed by atoms with Crippen molar-refractivity contribution < 1.29 is 4.79 Å². The van der Waals surface area contributed by atoms with Crippen LogP contribution in [0, 0.1) is 0 Å². The van der Waals surface area contributed by atoms with Crippen LogP contribution >= 0.6 is 23.2 Å². The van der Waals surface area contributed by atoms with Gasteiger partial charge in [-0.2, -0.15) is 0 Å². The molecule has 0 fully saturated rings. The van der Waals surface area contributed by atoms with Gasteiger partial charge >= 0.3 is 0 Å². The van der Waals surface area contributed by atoms with E-state index in [2.05, 4.69) is 5.32 Å². The molecule has 0 unspecified atom stereocenters. The van der Waals surface area contributed by atoms with E-state index < -0.39 is 0 Å². The van der Waals surface area contributed by atoms with Crippen molar-refractivity contribution in [3.63, 3.8) is 0 Å². The molecule has 0 atom stereocenters. The summed E-state index contributed by atoms with van der Waals surface area (Å²) in [4.78, 5) is 11.2. The van der Waals surface area contributed by atoms with Crippen molar-refractivity contribution in [1.29, 1.82) is 0 Å². The van der Waals surface area contributed by atoms with Crippen LogP contribution in [0.1, 0.15) is 18.9 Å². The van der Waals surface area contributed by atoms with Gasteiger partial charge in [-0.3, -0.25) is 4.79 Å². The molecule has 82 valence electrons. The van der Waals surface area contributed by atoms with E-state index >= 15 is 0 Å². The smallest absolute Gasteiger partial charge is 0.220 e. The average Bonchev–Trinajstić information content (AvgIpc) is 2.20. The van der Waals surface area contributed by atoms with Crippen LogP contribution in [0.4, 0.5) is 0 Å². The fourth-order valence-electron chi connectivity index (χ4n) is 1.24. The van der Waals surface area contributed by atoms with Crippen molar-refractivity contribution in [3.05, 3.63) is 33.8 Å². The fourth-order valence-corrected chi connectivity index (χ4v) is 1.56. The van der Waals surface area contributed by atoms with Crippen LogP contribution in [0.3, 0.4) is 0 Å². The maximum atomic E-state index is 11.2. The number of benzene rings is 1. The quantitative estimate of drug-likeness (QED) is 0.869. The molecule has 0 aliphatic carbocycles. The van der Waals surface area contributed by atoms with Crippen LogP contribution in [-0.2, 0) is 11.2 Å². The Bertz CT molecular complexity index is 352. The Labute approximate surface area is 99.6 Å². The lowest BCUT2D eigenvalue weighted by atomic mass is 10.1. The second-order valence-corrected chi connectivity index (χ2v) is 4.02. The Balaban J connectivity index is 2.51. The van der Waals surface area contributed by atoms with Gasteiger partial charge < -0.3 is 5.32 Å². The SMILES string of the molecule is CCNC(=O)CCc1ccc(Cl)c(Cl)c1. The molecule has 1 aromatic carbocycles. The second-order valence-electron chi connectivity index (χ2n) is 3.20. The number of nitrogens with one attached hydrogen (secondary N) is 1. The van der Waals surface area contributed by atoms with E-state index in [1.807, 2.05) is 13.0 Å². The number of rotatable bonds is 4. The van der Waals surface area contributed by atoms with E-state index in [4.69, 9.17) is 23.2 Å². The first-order valence-corrected chi connectivity index (χ1v) is 5.59. The maximum Gasteiger partial charge on any atom is 0.220 e. The molecule has 15 heavy (non-hydrogen) atoms. The van der Waals surface area contributed by atoms with Crippen LogP contribution in [-0.4, -0.2) is 12.5 Å². The molecule has 0 saturated carbocycles. The highest BCUT2D eigenvalue weighted by Crippen LogP contribution is 2.23. The number of halogens is 2. The van der Waals surface area contributed by atoms with Crippen molar-refractivity contribution in [2.75, 3.05) is 6.54 Å². The minimum absolute atomic E-state index is 0.0589. The van der Waals surface area contributed by atoms with Crippen LogP contribution in [0.25, 0.3) is 0 Å². The number of hydrogen-bond donors (Lipinski definition) is 1. The summed E-state index contributed by atoms with van der Waals surface area (Å²) in [5.41, 5.74) is 1.02. The van der Waals surface area contributed by atoms with E-state index in [9.17, 15) is 4.79 Å². The van der Waals surface area contributed by atoms with E-state index in [1.165, 1.54) is 0 Å². The van der Waals surface area contributed by atoms with Crippen molar-refractivity contribution in [2.24, 2.45) is 0 Å². The topological polar surface area (TPSA) is 29.1 Å². The first kappa shape index (κ1) is 12.3. The van der Waals surface area contributed by atoms with Crippen molar-refractivity contribution in [1.82, 2.24) is 5.32 Å². The van der Waals surface area contributed by atoms with E-state index in [1.54, 1.807) is 12.1 Å². The summed E-state index contributed by atoms with van der Waals surface area (Å²) in [6.45, 7) is 2.57. The van der Waals surface area contributed by atoms with Crippen molar-refractivity contribution >= 4 is 29.1 Å². The van der Waals surface area contributed by atoms with E-state index in [0.717, 1.165) is 5.56 Å². The third-order valence-electron chi connectivity index (χ3n) is 2.00. The summed E-state index contributed by atoms with van der Waals surface area (Å²) in [6, 6.07) is 5.42. The Morgan fingerprint density at radius 2 is 2.07 bits per heavy atom. The van der Waals surface area contributed by atoms with E-state index in [0.29, 0.717) is 29.4 Å². The third-order valence-corrected chi connectivity index (χ3v) is 2.74. The third kappa shape index (κ3) is 4.10. The van der Waals surface area contributed by atoms with Gasteiger partial charge in [-0.25, -0.2) is 0 Å². The molecule has 0 spiro atoms. The minimum atomic E-state index is 0.0589. The molecular weight excluding hydrogens is 233 g/mol. The van der Waals surface area contributed by atoms with Crippen molar-refractivity contribution in [3.8, 4) is 0 Å². The zero-order valence-electron chi connectivity index (χ0n) is 8.52. The van der Waals surface area contributed by atoms with Crippen LogP contribution in [0.2, 0.25) is 10.0 Å². The standard InChI is InChI=1S/C11H13Cl2NO/c1-2-14-11(15)6-4-8-3-5-9(12)10(13)7-8/h3,5,7H,2,4,6H2,1H3,(H,14,15). The van der Waals surface area contributed by atoms with Crippen molar-refractivity contribution in [2.45, 2.75) is 19.8 Å². The lowest BCUT2D eigenvalue weighted by Gasteiger charge is -2.03. The Kier molecular flexibility index (Phi) is 4.92. The molecule has 0 aromatic heterocycles. The highest BCUT2D eigenvalue weighted by Gasteiger charge is 2.03. The first-order chi connectivity index (χ1) is 7.13. The highest BCUT2D eigenvalue weighted by molar-refractivity contribution is 6.42. The predicted octanol–water partition coefficient (Wildman–Crippen LogP) is 3.06. The molecule has 0 heterocycles. The molecule has 0 aliphatic heterocycles. The normalized spacial score (nSPS) is 10.1. The number of carbonyl (C=O) groups excluding carboxylic acids is 1. The van der Waals surface area contributed by atoms with Gasteiger partial charge in [-0.05, 0) is 31.0 Å². The summed E-state index contributed by atoms with van der Waals surface area (Å²) in [5, 5.41) is 3.82. The lowest BCUT2D eigenvalue weighted by Crippen LogP contribution is -2.22. The first-order valence-electron chi connectivity index (χ1n) is 4.84. The number of amides is 1.